The lowest BCUT2D eigenvalue weighted by molar-refractivity contribution is 0.0558. The zero-order valence-corrected chi connectivity index (χ0v) is 13.0. The summed E-state index contributed by atoms with van der Waals surface area (Å²) in [5.41, 5.74) is -0.255. The van der Waals surface area contributed by atoms with Crippen LogP contribution in [0.4, 0.5) is 0 Å². The number of rotatable bonds is 5. The highest BCUT2D eigenvalue weighted by atomic mass is 16.5. The molecule has 118 valence electrons. The normalized spacial score (nSPS) is 27.3. The predicted octanol–water partition coefficient (Wildman–Crippen LogP) is 2.66. The summed E-state index contributed by atoms with van der Waals surface area (Å²) in [4.78, 5) is 11.4. The van der Waals surface area contributed by atoms with Gasteiger partial charge in [0, 0.05) is 5.54 Å². The van der Waals surface area contributed by atoms with Gasteiger partial charge in [0.2, 0.25) is 5.76 Å². The summed E-state index contributed by atoms with van der Waals surface area (Å²) in [7, 11) is 1.33. The van der Waals surface area contributed by atoms with Crippen molar-refractivity contribution in [2.75, 3.05) is 13.7 Å². The number of carbonyl (C=O) groups excluding carboxylic acids is 1. The second-order valence-corrected chi connectivity index (χ2v) is 6.20. The molecule has 1 aromatic heterocycles. The molecule has 1 saturated carbocycles. The first kappa shape index (κ1) is 16.0. The van der Waals surface area contributed by atoms with Crippen LogP contribution in [-0.2, 0) is 4.74 Å². The van der Waals surface area contributed by atoms with Crippen LogP contribution in [0.5, 0.6) is 0 Å². The lowest BCUT2D eigenvalue weighted by atomic mass is 9.76. The van der Waals surface area contributed by atoms with Gasteiger partial charge >= 0.3 is 5.97 Å². The number of nitrogens with one attached hydrogen (secondary N) is 1. The van der Waals surface area contributed by atoms with Crippen molar-refractivity contribution >= 4 is 5.97 Å². The van der Waals surface area contributed by atoms with Crippen LogP contribution in [0.15, 0.2) is 16.5 Å². The van der Waals surface area contributed by atoms with Crippen LogP contribution in [0.25, 0.3) is 0 Å². The molecule has 1 heterocycles. The van der Waals surface area contributed by atoms with Crippen molar-refractivity contribution in [3.05, 3.63) is 23.7 Å². The van der Waals surface area contributed by atoms with E-state index in [9.17, 15) is 9.90 Å². The summed E-state index contributed by atoms with van der Waals surface area (Å²) in [6.07, 6.45) is 4.25. The van der Waals surface area contributed by atoms with E-state index in [1.807, 2.05) is 6.92 Å². The minimum absolute atomic E-state index is 0.0687. The van der Waals surface area contributed by atoms with E-state index in [2.05, 4.69) is 17.0 Å². The highest BCUT2D eigenvalue weighted by Crippen LogP contribution is 2.34. The first-order valence-corrected chi connectivity index (χ1v) is 7.56. The molecule has 1 aliphatic carbocycles. The van der Waals surface area contributed by atoms with E-state index in [0.717, 1.165) is 19.3 Å². The lowest BCUT2D eigenvalue weighted by Gasteiger charge is -2.41. The Labute approximate surface area is 125 Å². The molecule has 0 bridgehead atoms. The van der Waals surface area contributed by atoms with E-state index in [1.54, 1.807) is 12.1 Å². The molecule has 2 rings (SSSR count). The van der Waals surface area contributed by atoms with Crippen molar-refractivity contribution in [3.63, 3.8) is 0 Å². The average Bonchev–Trinajstić information content (AvgIpc) is 2.96. The average molecular weight is 295 g/mol. The van der Waals surface area contributed by atoms with Gasteiger partial charge < -0.3 is 14.3 Å². The summed E-state index contributed by atoms with van der Waals surface area (Å²) in [6.45, 7) is 4.32. The first-order chi connectivity index (χ1) is 9.99. The molecule has 5 heteroatoms. The molecule has 5 nitrogen and oxygen atoms in total. The lowest BCUT2D eigenvalue weighted by Crippen LogP contribution is -2.52. The van der Waals surface area contributed by atoms with E-state index in [0.29, 0.717) is 11.7 Å². The maximum atomic E-state index is 11.4. The Hall–Kier alpha value is -1.33. The molecule has 0 aromatic carbocycles. The molecular weight excluding hydrogens is 270 g/mol. The Kier molecular flexibility index (Phi) is 5.06. The highest BCUT2D eigenvalue weighted by molar-refractivity contribution is 5.86. The first-order valence-electron chi connectivity index (χ1n) is 7.56. The third-order valence-corrected chi connectivity index (χ3v) is 4.36. The number of esters is 1. The third kappa shape index (κ3) is 3.66. The molecule has 1 aliphatic rings. The van der Waals surface area contributed by atoms with Crippen LogP contribution in [0.3, 0.4) is 0 Å². The number of aliphatic hydroxyl groups excluding tert-OH is 1. The van der Waals surface area contributed by atoms with Gasteiger partial charge in [-0.1, -0.05) is 19.8 Å². The van der Waals surface area contributed by atoms with Crippen LogP contribution in [0.2, 0.25) is 0 Å². The van der Waals surface area contributed by atoms with Gasteiger partial charge in [0.1, 0.15) is 5.76 Å². The molecule has 3 unspecified atom stereocenters. The Morgan fingerprint density at radius 2 is 2.38 bits per heavy atom. The quantitative estimate of drug-likeness (QED) is 0.817. The van der Waals surface area contributed by atoms with Gasteiger partial charge in [-0.15, -0.1) is 0 Å². The second kappa shape index (κ2) is 6.62. The zero-order chi connectivity index (χ0) is 15.5. The van der Waals surface area contributed by atoms with Crippen LogP contribution in [-0.4, -0.2) is 30.3 Å². The fraction of sp³-hybridized carbons (Fsp3) is 0.688. The van der Waals surface area contributed by atoms with Crippen molar-refractivity contribution in [2.24, 2.45) is 5.92 Å². The SMILES string of the molecule is COC(=O)c1ccc(C(C)NC2(CO)CCCC(C)C2)o1. The molecule has 1 aromatic rings. The van der Waals surface area contributed by atoms with Crippen molar-refractivity contribution in [1.29, 1.82) is 0 Å². The fourth-order valence-corrected chi connectivity index (χ4v) is 3.31. The van der Waals surface area contributed by atoms with Crippen LogP contribution >= 0.6 is 0 Å². The Morgan fingerprint density at radius 1 is 1.62 bits per heavy atom. The van der Waals surface area contributed by atoms with E-state index in [4.69, 9.17) is 4.42 Å². The Balaban J connectivity index is 2.07. The van der Waals surface area contributed by atoms with Crippen LogP contribution in [0, 0.1) is 5.92 Å². The van der Waals surface area contributed by atoms with Crippen molar-refractivity contribution in [2.45, 2.75) is 51.1 Å². The Morgan fingerprint density at radius 3 is 3.00 bits per heavy atom. The fourth-order valence-electron chi connectivity index (χ4n) is 3.31. The van der Waals surface area contributed by atoms with E-state index >= 15 is 0 Å². The molecule has 2 N–H and O–H groups in total. The minimum atomic E-state index is -0.475. The standard InChI is InChI=1S/C16H25NO4/c1-11-5-4-8-16(9-11,10-18)17-12(2)13-6-7-14(21-13)15(19)20-3/h6-7,11-12,17-18H,4-5,8-10H2,1-3H3. The monoisotopic (exact) mass is 295 g/mol. The minimum Gasteiger partial charge on any atom is -0.463 e. The highest BCUT2D eigenvalue weighted by Gasteiger charge is 2.36. The zero-order valence-electron chi connectivity index (χ0n) is 13.0. The predicted molar refractivity (Wildman–Crippen MR) is 79.0 cm³/mol. The summed E-state index contributed by atoms with van der Waals surface area (Å²) in [5, 5.41) is 13.3. The second-order valence-electron chi connectivity index (χ2n) is 6.20. The van der Waals surface area contributed by atoms with Gasteiger partial charge in [-0.25, -0.2) is 4.79 Å². The maximum absolute atomic E-state index is 11.4. The molecule has 0 spiro atoms. The number of hydrogen-bond acceptors (Lipinski definition) is 5. The van der Waals surface area contributed by atoms with Gasteiger partial charge in [0.25, 0.3) is 0 Å². The van der Waals surface area contributed by atoms with E-state index in [1.165, 1.54) is 13.5 Å². The number of carbonyl (C=O) groups is 1. The Bertz CT molecular complexity index is 484. The van der Waals surface area contributed by atoms with Gasteiger partial charge in [-0.2, -0.15) is 0 Å². The molecule has 0 saturated heterocycles. The summed E-state index contributed by atoms with van der Waals surface area (Å²) >= 11 is 0. The van der Waals surface area contributed by atoms with Gasteiger partial charge in [0.15, 0.2) is 0 Å². The summed E-state index contributed by atoms with van der Waals surface area (Å²) < 4.78 is 10.2. The van der Waals surface area contributed by atoms with Crippen molar-refractivity contribution in [1.82, 2.24) is 5.32 Å². The summed E-state index contributed by atoms with van der Waals surface area (Å²) in [5.74, 6) is 1.02. The molecule has 0 aliphatic heterocycles. The van der Waals surface area contributed by atoms with Crippen molar-refractivity contribution < 1.29 is 19.1 Å². The number of aliphatic hydroxyl groups is 1. The molecule has 3 atom stereocenters. The van der Waals surface area contributed by atoms with Crippen LogP contribution < -0.4 is 5.32 Å². The molecule has 0 amide bonds. The van der Waals surface area contributed by atoms with E-state index in [-0.39, 0.29) is 23.9 Å². The van der Waals surface area contributed by atoms with Gasteiger partial charge in [-0.3, -0.25) is 5.32 Å². The topological polar surface area (TPSA) is 71.7 Å². The number of methoxy groups -OCH3 is 1. The summed E-state index contributed by atoms with van der Waals surface area (Å²) in [6, 6.07) is 3.33. The van der Waals surface area contributed by atoms with E-state index < -0.39 is 5.97 Å². The molecule has 21 heavy (non-hydrogen) atoms. The van der Waals surface area contributed by atoms with Gasteiger partial charge in [-0.05, 0) is 37.8 Å². The smallest absolute Gasteiger partial charge is 0.373 e. The molecular formula is C16H25NO4. The largest absolute Gasteiger partial charge is 0.463 e. The maximum Gasteiger partial charge on any atom is 0.373 e. The van der Waals surface area contributed by atoms with Crippen LogP contribution in [0.1, 0.15) is 61.9 Å². The number of ether oxygens (including phenoxy) is 1. The molecule has 1 fully saturated rings. The number of hydrogen-bond donors (Lipinski definition) is 2. The van der Waals surface area contributed by atoms with Gasteiger partial charge in [0.05, 0.1) is 19.8 Å². The van der Waals surface area contributed by atoms with Crippen molar-refractivity contribution in [3.8, 4) is 0 Å². The number of furan rings is 1. The third-order valence-electron chi connectivity index (χ3n) is 4.36. The molecule has 0 radical (unpaired) electrons.